The van der Waals surface area contributed by atoms with Gasteiger partial charge < -0.3 is 15.3 Å². The summed E-state index contributed by atoms with van der Waals surface area (Å²) in [7, 11) is 0. The van der Waals surface area contributed by atoms with Crippen molar-refractivity contribution in [3.8, 4) is 0 Å². The Morgan fingerprint density at radius 3 is 2.95 bits per heavy atom. The second kappa shape index (κ2) is 6.21. The summed E-state index contributed by atoms with van der Waals surface area (Å²) in [6, 6.07) is 3.93. The van der Waals surface area contributed by atoms with E-state index in [0.717, 1.165) is 12.8 Å². The smallest absolute Gasteiger partial charge is 0.407 e. The molecule has 21 heavy (non-hydrogen) atoms. The van der Waals surface area contributed by atoms with Crippen LogP contribution in [0.15, 0.2) is 18.2 Å². The van der Waals surface area contributed by atoms with Crippen LogP contribution in [0.1, 0.15) is 23.2 Å². The Morgan fingerprint density at radius 2 is 2.33 bits per heavy atom. The van der Waals surface area contributed by atoms with E-state index in [1.807, 2.05) is 0 Å². The molecule has 1 aliphatic heterocycles. The van der Waals surface area contributed by atoms with Crippen LogP contribution in [-0.4, -0.2) is 46.4 Å². The van der Waals surface area contributed by atoms with Crippen molar-refractivity contribution >= 4 is 23.8 Å². The number of carbonyl (C=O) groups is 2. The Bertz CT molecular complexity index is 575. The van der Waals surface area contributed by atoms with Crippen LogP contribution in [0.2, 0.25) is 0 Å². The highest BCUT2D eigenvalue weighted by Crippen LogP contribution is 2.26. The lowest BCUT2D eigenvalue weighted by molar-refractivity contribution is -0.384. The Hall–Kier alpha value is -2.64. The molecule has 1 fully saturated rings. The number of nitro groups is 1. The summed E-state index contributed by atoms with van der Waals surface area (Å²) in [6.07, 6.45) is 1.06. The summed E-state index contributed by atoms with van der Waals surface area (Å²) in [5, 5.41) is 23.0. The van der Waals surface area contributed by atoms with Crippen LogP contribution < -0.4 is 5.32 Å². The van der Waals surface area contributed by atoms with E-state index >= 15 is 0 Å². The van der Waals surface area contributed by atoms with E-state index in [2.05, 4.69) is 5.32 Å². The molecule has 8 heteroatoms. The molecular formula is C13H15N3O5. The lowest BCUT2D eigenvalue weighted by atomic mass is 10.1. The number of nitrogens with zero attached hydrogens (tertiary/aromatic N) is 2. The number of carbonyl (C=O) groups excluding carboxylic acids is 1. The highest BCUT2D eigenvalue weighted by molar-refractivity contribution is 5.79. The largest absolute Gasteiger partial charge is 0.465 e. The Kier molecular flexibility index (Phi) is 4.36. The molecule has 1 atom stereocenters. The van der Waals surface area contributed by atoms with E-state index in [1.165, 1.54) is 23.1 Å². The van der Waals surface area contributed by atoms with Gasteiger partial charge in [0.1, 0.15) is 12.0 Å². The van der Waals surface area contributed by atoms with Gasteiger partial charge in [-0.3, -0.25) is 14.9 Å². The molecule has 1 saturated heterocycles. The molecule has 0 saturated carbocycles. The summed E-state index contributed by atoms with van der Waals surface area (Å²) in [5.41, 5.74) is 0.308. The third-order valence-electron chi connectivity index (χ3n) is 3.51. The van der Waals surface area contributed by atoms with Crippen LogP contribution in [-0.2, 0) is 0 Å². The van der Waals surface area contributed by atoms with Crippen molar-refractivity contribution in [2.75, 3.05) is 18.4 Å². The number of amides is 1. The van der Waals surface area contributed by atoms with Crippen LogP contribution >= 0.6 is 0 Å². The SMILES string of the molecule is O=Cc1ccc(NCC2CCCN2C(=O)O)c([N+](=O)[O-])c1. The highest BCUT2D eigenvalue weighted by atomic mass is 16.6. The number of hydrogen-bond acceptors (Lipinski definition) is 5. The van der Waals surface area contributed by atoms with Gasteiger partial charge in [0.15, 0.2) is 0 Å². The van der Waals surface area contributed by atoms with Crippen molar-refractivity contribution in [1.82, 2.24) is 4.90 Å². The normalized spacial score (nSPS) is 17.5. The number of aldehydes is 1. The number of hydrogen-bond donors (Lipinski definition) is 2. The van der Waals surface area contributed by atoms with Crippen molar-refractivity contribution in [2.24, 2.45) is 0 Å². The van der Waals surface area contributed by atoms with E-state index in [-0.39, 0.29) is 23.0 Å². The zero-order valence-corrected chi connectivity index (χ0v) is 11.2. The van der Waals surface area contributed by atoms with Crippen molar-refractivity contribution in [3.63, 3.8) is 0 Å². The number of benzene rings is 1. The number of rotatable bonds is 5. The van der Waals surface area contributed by atoms with Crippen LogP contribution in [0.4, 0.5) is 16.2 Å². The number of carboxylic acid groups (broad SMARTS) is 1. The standard InChI is InChI=1S/C13H15N3O5/c17-8-9-3-4-11(12(6-9)16(20)21)14-7-10-2-1-5-15(10)13(18)19/h3-4,6,8,10,14H,1-2,5,7H2,(H,18,19). The maximum atomic E-state index is 11.0. The molecule has 1 unspecified atom stereocenters. The molecular weight excluding hydrogens is 278 g/mol. The van der Waals surface area contributed by atoms with Crippen LogP contribution in [0, 0.1) is 10.1 Å². The fourth-order valence-corrected chi connectivity index (χ4v) is 2.45. The van der Waals surface area contributed by atoms with Crippen molar-refractivity contribution in [3.05, 3.63) is 33.9 Å². The summed E-state index contributed by atoms with van der Waals surface area (Å²) >= 11 is 0. The predicted octanol–water partition coefficient (Wildman–Crippen LogP) is 1.96. The van der Waals surface area contributed by atoms with Gasteiger partial charge in [0, 0.05) is 24.7 Å². The Morgan fingerprint density at radius 1 is 1.57 bits per heavy atom. The van der Waals surface area contributed by atoms with Gasteiger partial charge in [0.25, 0.3) is 5.69 Å². The Balaban J connectivity index is 2.11. The molecule has 0 aliphatic carbocycles. The highest BCUT2D eigenvalue weighted by Gasteiger charge is 2.28. The third kappa shape index (κ3) is 3.28. The van der Waals surface area contributed by atoms with E-state index < -0.39 is 11.0 Å². The first-order valence-corrected chi connectivity index (χ1v) is 6.50. The minimum absolute atomic E-state index is 0.195. The molecule has 1 aromatic carbocycles. The predicted molar refractivity (Wildman–Crippen MR) is 74.7 cm³/mol. The Labute approximate surface area is 120 Å². The van der Waals surface area contributed by atoms with E-state index in [4.69, 9.17) is 5.11 Å². The lowest BCUT2D eigenvalue weighted by Crippen LogP contribution is -2.38. The fraction of sp³-hybridized carbons (Fsp3) is 0.385. The quantitative estimate of drug-likeness (QED) is 0.487. The zero-order chi connectivity index (χ0) is 15.4. The molecule has 0 bridgehead atoms. The van der Waals surface area contributed by atoms with Crippen LogP contribution in [0.3, 0.4) is 0 Å². The molecule has 0 radical (unpaired) electrons. The average molecular weight is 293 g/mol. The average Bonchev–Trinajstić information content (AvgIpc) is 2.93. The lowest BCUT2D eigenvalue weighted by Gasteiger charge is -2.22. The van der Waals surface area contributed by atoms with Gasteiger partial charge in [-0.25, -0.2) is 4.79 Å². The minimum atomic E-state index is -0.981. The first-order valence-electron chi connectivity index (χ1n) is 6.50. The van der Waals surface area contributed by atoms with Gasteiger partial charge in [-0.05, 0) is 25.0 Å². The maximum Gasteiger partial charge on any atom is 0.407 e. The minimum Gasteiger partial charge on any atom is -0.465 e. The summed E-state index contributed by atoms with van der Waals surface area (Å²) < 4.78 is 0. The molecule has 2 N–H and O–H groups in total. The molecule has 2 rings (SSSR count). The van der Waals surface area contributed by atoms with E-state index in [9.17, 15) is 19.7 Å². The van der Waals surface area contributed by atoms with Gasteiger partial charge in [-0.2, -0.15) is 0 Å². The first-order chi connectivity index (χ1) is 10.0. The van der Waals surface area contributed by atoms with Gasteiger partial charge >= 0.3 is 6.09 Å². The molecule has 1 aromatic rings. The van der Waals surface area contributed by atoms with Crippen molar-refractivity contribution < 1.29 is 19.6 Å². The molecule has 0 spiro atoms. The van der Waals surface area contributed by atoms with Crippen LogP contribution in [0.25, 0.3) is 0 Å². The van der Waals surface area contributed by atoms with Gasteiger partial charge in [0.05, 0.1) is 11.0 Å². The molecule has 1 aliphatic rings. The van der Waals surface area contributed by atoms with Gasteiger partial charge in [-0.1, -0.05) is 0 Å². The van der Waals surface area contributed by atoms with Crippen molar-refractivity contribution in [2.45, 2.75) is 18.9 Å². The summed E-state index contributed by atoms with van der Waals surface area (Å²) in [4.78, 5) is 33.5. The second-order valence-electron chi connectivity index (χ2n) is 4.80. The molecule has 8 nitrogen and oxygen atoms in total. The number of nitrogens with one attached hydrogen (secondary N) is 1. The van der Waals surface area contributed by atoms with Crippen molar-refractivity contribution in [1.29, 1.82) is 0 Å². The van der Waals surface area contributed by atoms with E-state index in [0.29, 0.717) is 19.4 Å². The molecule has 0 aromatic heterocycles. The fourth-order valence-electron chi connectivity index (χ4n) is 2.45. The molecule has 1 heterocycles. The first kappa shape index (κ1) is 14.8. The second-order valence-corrected chi connectivity index (χ2v) is 4.80. The number of anilines is 1. The third-order valence-corrected chi connectivity index (χ3v) is 3.51. The summed E-state index contributed by atoms with van der Waals surface area (Å²) in [6.45, 7) is 0.779. The topological polar surface area (TPSA) is 113 Å². The maximum absolute atomic E-state index is 11.0. The van der Waals surface area contributed by atoms with Crippen LogP contribution in [0.5, 0.6) is 0 Å². The monoisotopic (exact) mass is 293 g/mol. The van der Waals surface area contributed by atoms with E-state index in [1.54, 1.807) is 0 Å². The zero-order valence-electron chi connectivity index (χ0n) is 11.2. The molecule has 112 valence electrons. The molecule has 1 amide bonds. The summed E-state index contributed by atoms with van der Waals surface area (Å²) in [5.74, 6) is 0. The van der Waals surface area contributed by atoms with Gasteiger partial charge in [-0.15, -0.1) is 0 Å². The van der Waals surface area contributed by atoms with Gasteiger partial charge in [0.2, 0.25) is 0 Å². The number of likely N-dealkylation sites (tertiary alicyclic amines) is 1. The number of nitro benzene ring substituents is 1.